The van der Waals surface area contributed by atoms with Crippen LogP contribution >= 0.6 is 35.0 Å². The molecule has 0 bridgehead atoms. The van der Waals surface area contributed by atoms with Gasteiger partial charge in [0.05, 0.1) is 22.4 Å². The number of benzene rings is 3. The summed E-state index contributed by atoms with van der Waals surface area (Å²) in [5, 5.41) is 17.8. The summed E-state index contributed by atoms with van der Waals surface area (Å²) in [4.78, 5) is 25.2. The average molecular weight is 528 g/mol. The van der Waals surface area contributed by atoms with Gasteiger partial charge in [-0.25, -0.2) is 0 Å². The first-order chi connectivity index (χ1) is 16.9. The molecule has 2 N–H and O–H groups in total. The first-order valence-electron chi connectivity index (χ1n) is 11.0. The van der Waals surface area contributed by atoms with Crippen molar-refractivity contribution in [2.45, 2.75) is 31.6 Å². The van der Waals surface area contributed by atoms with E-state index in [4.69, 9.17) is 23.2 Å². The Balaban J connectivity index is 1.39. The van der Waals surface area contributed by atoms with Crippen molar-refractivity contribution in [3.8, 4) is 0 Å². The Morgan fingerprint density at radius 2 is 1.80 bits per heavy atom. The average Bonchev–Trinajstić information content (AvgIpc) is 3.25. The van der Waals surface area contributed by atoms with Gasteiger partial charge < -0.3 is 15.2 Å². The summed E-state index contributed by atoms with van der Waals surface area (Å²) in [5.41, 5.74) is 1.06. The van der Waals surface area contributed by atoms with Crippen LogP contribution in [0.5, 0.6) is 0 Å². The zero-order valence-corrected chi connectivity index (χ0v) is 21.4. The standard InChI is InChI=1S/C25H23Cl2N5O2S/c1-3-32-23(15(2)28-24(34)20-11-9-18(26)13-21(20)27)30-31-25(32)35-14-22(33)29-19-10-8-16-6-4-5-7-17(16)12-19/h4-13,15H,3,14H2,1-2H3,(H,28,34)(H,29,33)/t15-/m1/s1. The molecule has 4 aromatic rings. The Bertz CT molecular complexity index is 1390. The van der Waals surface area contributed by atoms with Gasteiger partial charge in [0, 0.05) is 17.3 Å². The van der Waals surface area contributed by atoms with E-state index in [1.807, 2.05) is 60.9 Å². The van der Waals surface area contributed by atoms with Crippen molar-refractivity contribution in [2.24, 2.45) is 0 Å². The highest BCUT2D eigenvalue weighted by molar-refractivity contribution is 7.99. The topological polar surface area (TPSA) is 88.9 Å². The zero-order chi connectivity index (χ0) is 24.9. The normalized spacial score (nSPS) is 11.9. The molecule has 0 saturated heterocycles. The Morgan fingerprint density at radius 3 is 2.54 bits per heavy atom. The van der Waals surface area contributed by atoms with E-state index >= 15 is 0 Å². The van der Waals surface area contributed by atoms with Gasteiger partial charge in [0.1, 0.15) is 0 Å². The van der Waals surface area contributed by atoms with Crippen molar-refractivity contribution in [2.75, 3.05) is 11.1 Å². The fourth-order valence-corrected chi connectivity index (χ4v) is 4.93. The molecule has 2 amide bonds. The van der Waals surface area contributed by atoms with Gasteiger partial charge in [0.15, 0.2) is 11.0 Å². The lowest BCUT2D eigenvalue weighted by Gasteiger charge is -2.15. The fraction of sp³-hybridized carbons (Fsp3) is 0.200. The third-order valence-electron chi connectivity index (χ3n) is 5.34. The number of hydrogen-bond acceptors (Lipinski definition) is 5. The number of thioether (sulfide) groups is 1. The molecule has 0 aliphatic heterocycles. The molecule has 4 rings (SSSR count). The lowest BCUT2D eigenvalue weighted by molar-refractivity contribution is -0.113. The Hall–Kier alpha value is -3.07. The lowest BCUT2D eigenvalue weighted by atomic mass is 10.1. The summed E-state index contributed by atoms with van der Waals surface area (Å²) in [6.45, 7) is 4.36. The molecule has 0 radical (unpaired) electrons. The second kappa shape index (κ2) is 11.1. The highest BCUT2D eigenvalue weighted by Gasteiger charge is 2.21. The third-order valence-corrected chi connectivity index (χ3v) is 6.85. The van der Waals surface area contributed by atoms with Crippen molar-refractivity contribution < 1.29 is 9.59 Å². The molecule has 0 fully saturated rings. The number of halogens is 2. The van der Waals surface area contributed by atoms with Crippen LogP contribution in [-0.4, -0.2) is 32.3 Å². The molecular weight excluding hydrogens is 505 g/mol. The van der Waals surface area contributed by atoms with Crippen molar-refractivity contribution >= 4 is 63.2 Å². The van der Waals surface area contributed by atoms with Crippen LogP contribution in [0.25, 0.3) is 10.8 Å². The van der Waals surface area contributed by atoms with E-state index in [0.29, 0.717) is 28.1 Å². The Labute approximate surface area is 217 Å². The molecule has 10 heteroatoms. The molecule has 0 saturated carbocycles. The van der Waals surface area contributed by atoms with Crippen LogP contribution in [0.3, 0.4) is 0 Å². The molecular formula is C25H23Cl2N5O2S. The van der Waals surface area contributed by atoms with E-state index < -0.39 is 6.04 Å². The highest BCUT2D eigenvalue weighted by Crippen LogP contribution is 2.24. The molecule has 0 aliphatic carbocycles. The number of rotatable bonds is 8. The van der Waals surface area contributed by atoms with Gasteiger partial charge in [-0.05, 0) is 55.0 Å². The minimum atomic E-state index is -0.428. The molecule has 180 valence electrons. The van der Waals surface area contributed by atoms with Crippen molar-refractivity contribution in [3.63, 3.8) is 0 Å². The minimum absolute atomic E-state index is 0.142. The summed E-state index contributed by atoms with van der Waals surface area (Å²) in [5.74, 6) is 0.278. The Morgan fingerprint density at radius 1 is 1.03 bits per heavy atom. The van der Waals surface area contributed by atoms with Gasteiger partial charge in [-0.2, -0.15) is 0 Å². The number of amides is 2. The number of fused-ring (bicyclic) bond motifs is 1. The van der Waals surface area contributed by atoms with Crippen molar-refractivity contribution in [1.82, 2.24) is 20.1 Å². The van der Waals surface area contributed by atoms with Gasteiger partial charge in [-0.1, -0.05) is 65.3 Å². The van der Waals surface area contributed by atoms with Gasteiger partial charge in [-0.15, -0.1) is 10.2 Å². The van der Waals surface area contributed by atoms with E-state index in [-0.39, 0.29) is 22.6 Å². The van der Waals surface area contributed by atoms with Crippen LogP contribution < -0.4 is 10.6 Å². The van der Waals surface area contributed by atoms with Crippen molar-refractivity contribution in [3.05, 3.63) is 82.1 Å². The van der Waals surface area contributed by atoms with Crippen LogP contribution in [0.2, 0.25) is 10.0 Å². The van der Waals surface area contributed by atoms with Crippen molar-refractivity contribution in [1.29, 1.82) is 0 Å². The van der Waals surface area contributed by atoms with Gasteiger partial charge >= 0.3 is 0 Å². The summed E-state index contributed by atoms with van der Waals surface area (Å²) < 4.78 is 1.88. The molecule has 1 heterocycles. The quantitative estimate of drug-likeness (QED) is 0.275. The maximum Gasteiger partial charge on any atom is 0.253 e. The van der Waals surface area contributed by atoms with Gasteiger partial charge in [0.25, 0.3) is 5.91 Å². The maximum absolute atomic E-state index is 12.7. The fourth-order valence-electron chi connectivity index (χ4n) is 3.63. The molecule has 0 unspecified atom stereocenters. The SMILES string of the molecule is CCn1c(SCC(=O)Nc2ccc3ccccc3c2)nnc1[C@@H](C)NC(=O)c1ccc(Cl)cc1Cl. The Kier molecular flexibility index (Phi) is 7.95. The van der Waals surface area contributed by atoms with E-state index in [9.17, 15) is 9.59 Å². The molecule has 0 spiro atoms. The summed E-state index contributed by atoms with van der Waals surface area (Å²) in [7, 11) is 0. The van der Waals surface area contributed by atoms with Gasteiger partial charge in [0.2, 0.25) is 5.91 Å². The van der Waals surface area contributed by atoms with E-state index in [1.165, 1.54) is 17.8 Å². The lowest BCUT2D eigenvalue weighted by Crippen LogP contribution is -2.29. The number of nitrogens with one attached hydrogen (secondary N) is 2. The molecule has 1 atom stereocenters. The summed E-state index contributed by atoms with van der Waals surface area (Å²) >= 11 is 13.4. The number of hydrogen-bond donors (Lipinski definition) is 2. The number of anilines is 1. The number of carbonyl (C=O) groups excluding carboxylic acids is 2. The molecule has 7 nitrogen and oxygen atoms in total. The predicted molar refractivity (Wildman–Crippen MR) is 141 cm³/mol. The predicted octanol–water partition coefficient (Wildman–Crippen LogP) is 5.98. The second-order valence-corrected chi connectivity index (χ2v) is 9.59. The van der Waals surface area contributed by atoms with Gasteiger partial charge in [-0.3, -0.25) is 9.59 Å². The second-order valence-electron chi connectivity index (χ2n) is 7.80. The third kappa shape index (κ3) is 5.96. The minimum Gasteiger partial charge on any atom is -0.342 e. The maximum atomic E-state index is 12.7. The van der Waals surface area contributed by atoms with Crippen LogP contribution in [0.1, 0.15) is 36.1 Å². The van der Waals surface area contributed by atoms with Crippen LogP contribution in [0.4, 0.5) is 5.69 Å². The monoisotopic (exact) mass is 527 g/mol. The number of carbonyl (C=O) groups is 2. The first-order valence-corrected chi connectivity index (χ1v) is 12.7. The summed E-state index contributed by atoms with van der Waals surface area (Å²) in [6.07, 6.45) is 0. The van der Waals surface area contributed by atoms with E-state index in [2.05, 4.69) is 20.8 Å². The smallest absolute Gasteiger partial charge is 0.253 e. The molecule has 1 aromatic heterocycles. The van der Waals surface area contributed by atoms with E-state index in [0.717, 1.165) is 16.5 Å². The van der Waals surface area contributed by atoms with Crippen LogP contribution in [-0.2, 0) is 11.3 Å². The largest absolute Gasteiger partial charge is 0.342 e. The molecule has 3 aromatic carbocycles. The number of nitrogens with zero attached hydrogens (tertiary/aromatic N) is 3. The van der Waals surface area contributed by atoms with E-state index in [1.54, 1.807) is 12.1 Å². The summed E-state index contributed by atoms with van der Waals surface area (Å²) in [6, 6.07) is 18.1. The highest BCUT2D eigenvalue weighted by atomic mass is 35.5. The molecule has 35 heavy (non-hydrogen) atoms. The van der Waals surface area contributed by atoms with Crippen LogP contribution in [0.15, 0.2) is 65.8 Å². The zero-order valence-electron chi connectivity index (χ0n) is 19.1. The first kappa shape index (κ1) is 25.0. The number of aromatic nitrogens is 3. The van der Waals surface area contributed by atoms with Crippen LogP contribution in [0, 0.1) is 0 Å². The molecule has 0 aliphatic rings.